The molecule has 2 aromatic rings. The summed E-state index contributed by atoms with van der Waals surface area (Å²) in [6.45, 7) is -0.912. The van der Waals surface area contributed by atoms with E-state index in [2.05, 4.69) is 15.9 Å². The lowest BCUT2D eigenvalue weighted by Gasteiger charge is -2.13. The average molecular weight is 498 g/mol. The maximum Gasteiger partial charge on any atom is 0.485 e. The SMILES string of the molecule is O=S(NCc1cc(F)c(Oc2cc(Br)cc(C(F)(F)F)c2)cc1F)C(F)(F)F. The molecule has 154 valence electrons. The van der Waals surface area contributed by atoms with E-state index in [9.17, 15) is 39.3 Å². The summed E-state index contributed by atoms with van der Waals surface area (Å²) in [7, 11) is -3.49. The summed E-state index contributed by atoms with van der Waals surface area (Å²) in [5.41, 5.74) is -6.78. The second-order valence-electron chi connectivity index (χ2n) is 5.19. The van der Waals surface area contributed by atoms with Crippen LogP contribution in [0.15, 0.2) is 34.8 Å². The second-order valence-corrected chi connectivity index (χ2v) is 7.39. The Kier molecular flexibility index (Phi) is 6.71. The van der Waals surface area contributed by atoms with Gasteiger partial charge in [-0.15, -0.1) is 0 Å². The Morgan fingerprint density at radius 1 is 0.964 bits per heavy atom. The average Bonchev–Trinajstić information content (AvgIpc) is 2.54. The third-order valence-corrected chi connectivity index (χ3v) is 4.42. The molecule has 0 aromatic heterocycles. The van der Waals surface area contributed by atoms with Crippen LogP contribution < -0.4 is 9.46 Å². The van der Waals surface area contributed by atoms with Gasteiger partial charge in [0.1, 0.15) is 11.6 Å². The van der Waals surface area contributed by atoms with Crippen molar-refractivity contribution >= 4 is 26.9 Å². The van der Waals surface area contributed by atoms with E-state index in [1.165, 1.54) is 4.72 Å². The van der Waals surface area contributed by atoms with Gasteiger partial charge in [-0.1, -0.05) is 15.9 Å². The van der Waals surface area contributed by atoms with Gasteiger partial charge in [-0.2, -0.15) is 26.3 Å². The molecule has 2 rings (SSSR count). The molecule has 0 fully saturated rings. The van der Waals surface area contributed by atoms with E-state index >= 15 is 0 Å². The summed E-state index contributed by atoms with van der Waals surface area (Å²) in [5.74, 6) is -3.70. The van der Waals surface area contributed by atoms with Crippen LogP contribution in [0.5, 0.6) is 11.5 Å². The van der Waals surface area contributed by atoms with Crippen LogP contribution in [0.25, 0.3) is 0 Å². The van der Waals surface area contributed by atoms with E-state index in [1.807, 2.05) is 0 Å². The first-order valence-corrected chi connectivity index (χ1v) is 8.97. The number of alkyl halides is 6. The molecule has 0 aliphatic carbocycles. The molecule has 1 atom stereocenters. The minimum Gasteiger partial charge on any atom is -0.454 e. The van der Waals surface area contributed by atoms with Crippen molar-refractivity contribution in [3.05, 3.63) is 57.6 Å². The standard InChI is InChI=1S/C15H8BrF8NO2S/c16-9-2-8(14(19,20)21)3-10(4-9)27-13-5-11(17)7(1-12(13)18)6-25-28(26)15(22,23)24/h1-5,25H,6H2. The Bertz CT molecular complexity index is 901. The zero-order chi connectivity index (χ0) is 21.3. The smallest absolute Gasteiger partial charge is 0.454 e. The van der Waals surface area contributed by atoms with E-state index in [4.69, 9.17) is 4.74 Å². The van der Waals surface area contributed by atoms with Crippen molar-refractivity contribution in [2.75, 3.05) is 0 Å². The first-order chi connectivity index (χ1) is 12.8. The highest BCUT2D eigenvalue weighted by atomic mass is 79.9. The topological polar surface area (TPSA) is 38.3 Å². The van der Waals surface area contributed by atoms with E-state index in [0.29, 0.717) is 18.2 Å². The Morgan fingerprint density at radius 3 is 2.18 bits per heavy atom. The van der Waals surface area contributed by atoms with Gasteiger partial charge in [0.15, 0.2) is 22.6 Å². The van der Waals surface area contributed by atoms with Gasteiger partial charge in [0.05, 0.1) is 5.56 Å². The monoisotopic (exact) mass is 497 g/mol. The van der Waals surface area contributed by atoms with Crippen molar-refractivity contribution in [3.63, 3.8) is 0 Å². The molecule has 0 aliphatic rings. The highest BCUT2D eigenvalue weighted by Crippen LogP contribution is 2.36. The highest BCUT2D eigenvalue weighted by Gasteiger charge is 2.37. The fourth-order valence-electron chi connectivity index (χ4n) is 1.92. The Labute approximate surface area is 163 Å². The molecule has 1 N–H and O–H groups in total. The van der Waals surface area contributed by atoms with Gasteiger partial charge >= 0.3 is 11.7 Å². The lowest BCUT2D eigenvalue weighted by molar-refractivity contribution is -0.137. The molecule has 0 amide bonds. The van der Waals surface area contributed by atoms with Crippen molar-refractivity contribution in [3.8, 4) is 11.5 Å². The Hall–Kier alpha value is -1.73. The predicted octanol–water partition coefficient (Wildman–Crippen LogP) is 5.81. The van der Waals surface area contributed by atoms with Crippen LogP contribution in [0, 0.1) is 11.6 Å². The molecule has 28 heavy (non-hydrogen) atoms. The van der Waals surface area contributed by atoms with Gasteiger partial charge in [-0.05, 0) is 24.3 Å². The number of nitrogens with one attached hydrogen (secondary N) is 1. The lowest BCUT2D eigenvalue weighted by atomic mass is 10.2. The van der Waals surface area contributed by atoms with E-state index < -0.39 is 63.5 Å². The summed E-state index contributed by atoms with van der Waals surface area (Å²) in [5, 5.41) is 0. The summed E-state index contributed by atoms with van der Waals surface area (Å²) in [6.07, 6.45) is -4.71. The third kappa shape index (κ3) is 5.88. The van der Waals surface area contributed by atoms with Crippen LogP contribution in [0.1, 0.15) is 11.1 Å². The fourth-order valence-corrected chi connectivity index (χ4v) is 2.84. The molecule has 0 spiro atoms. The number of benzene rings is 2. The minimum atomic E-state index is -5.09. The van der Waals surface area contributed by atoms with Gasteiger partial charge in [0, 0.05) is 22.6 Å². The quantitative estimate of drug-likeness (QED) is 0.529. The molecule has 2 aromatic carbocycles. The van der Waals surface area contributed by atoms with E-state index in [-0.39, 0.29) is 4.47 Å². The molecular weight excluding hydrogens is 490 g/mol. The zero-order valence-corrected chi connectivity index (χ0v) is 15.6. The summed E-state index contributed by atoms with van der Waals surface area (Å²) in [4.78, 5) is 0. The molecule has 0 bridgehead atoms. The van der Waals surface area contributed by atoms with Gasteiger partial charge < -0.3 is 4.74 Å². The van der Waals surface area contributed by atoms with Gasteiger partial charge in [-0.3, -0.25) is 0 Å². The van der Waals surface area contributed by atoms with Crippen LogP contribution in [-0.2, 0) is 23.7 Å². The van der Waals surface area contributed by atoms with Crippen molar-refractivity contribution in [1.29, 1.82) is 0 Å². The lowest BCUT2D eigenvalue weighted by Crippen LogP contribution is -2.29. The summed E-state index contributed by atoms with van der Waals surface area (Å²) in [6, 6.07) is 3.32. The molecule has 1 unspecified atom stereocenters. The number of hydrogen-bond donors (Lipinski definition) is 1. The molecule has 0 heterocycles. The highest BCUT2D eigenvalue weighted by molar-refractivity contribution is 9.10. The van der Waals surface area contributed by atoms with Crippen LogP contribution in [0.2, 0.25) is 0 Å². The minimum absolute atomic E-state index is 0.0337. The number of halogens is 9. The Morgan fingerprint density at radius 2 is 1.61 bits per heavy atom. The van der Waals surface area contributed by atoms with Gasteiger partial charge in [0.25, 0.3) is 0 Å². The first kappa shape index (κ1) is 22.6. The van der Waals surface area contributed by atoms with Crippen molar-refractivity contribution in [2.45, 2.75) is 18.2 Å². The van der Waals surface area contributed by atoms with Crippen LogP contribution in [0.3, 0.4) is 0 Å². The maximum absolute atomic E-state index is 14.1. The maximum atomic E-state index is 14.1. The van der Waals surface area contributed by atoms with Gasteiger partial charge in [-0.25, -0.2) is 17.7 Å². The van der Waals surface area contributed by atoms with Crippen LogP contribution in [0.4, 0.5) is 35.1 Å². The third-order valence-electron chi connectivity index (χ3n) is 3.13. The van der Waals surface area contributed by atoms with Crippen molar-refractivity contribution in [1.82, 2.24) is 4.72 Å². The first-order valence-electron chi connectivity index (χ1n) is 7.03. The van der Waals surface area contributed by atoms with Crippen molar-refractivity contribution < 1.29 is 44.1 Å². The van der Waals surface area contributed by atoms with Gasteiger partial charge in [0.2, 0.25) is 0 Å². The molecule has 0 aliphatic heterocycles. The summed E-state index contributed by atoms with van der Waals surface area (Å²) < 4.78 is 120. The fraction of sp³-hybridized carbons (Fsp3) is 0.200. The Balaban J connectivity index is 2.24. The van der Waals surface area contributed by atoms with E-state index in [0.717, 1.165) is 12.1 Å². The second kappa shape index (κ2) is 8.33. The number of hydrogen-bond acceptors (Lipinski definition) is 2. The normalized spacial score (nSPS) is 13.5. The summed E-state index contributed by atoms with van der Waals surface area (Å²) >= 11 is 2.84. The molecule has 0 radical (unpaired) electrons. The molecule has 0 saturated heterocycles. The van der Waals surface area contributed by atoms with Crippen LogP contribution in [-0.4, -0.2) is 9.72 Å². The molecular formula is C15H8BrF8NO2S. The molecule has 0 saturated carbocycles. The molecule has 3 nitrogen and oxygen atoms in total. The largest absolute Gasteiger partial charge is 0.485 e. The number of rotatable bonds is 5. The molecule has 13 heteroatoms. The number of ether oxygens (including phenoxy) is 1. The predicted molar refractivity (Wildman–Crippen MR) is 86.6 cm³/mol. The van der Waals surface area contributed by atoms with Crippen molar-refractivity contribution in [2.24, 2.45) is 0 Å². The zero-order valence-electron chi connectivity index (χ0n) is 13.2. The van der Waals surface area contributed by atoms with E-state index in [1.54, 1.807) is 0 Å². The van der Waals surface area contributed by atoms with Crippen LogP contribution >= 0.6 is 15.9 Å².